The minimum Gasteiger partial charge on any atom is -0.376 e. The van der Waals surface area contributed by atoms with Crippen LogP contribution in [0, 0.1) is 20.8 Å². The number of aryl methyl sites for hydroxylation is 4. The van der Waals surface area contributed by atoms with E-state index in [0.717, 1.165) is 29.0 Å². The molecule has 1 heterocycles. The van der Waals surface area contributed by atoms with Crippen LogP contribution in [0.2, 0.25) is 0 Å². The summed E-state index contributed by atoms with van der Waals surface area (Å²) in [6.07, 6.45) is 2.00. The summed E-state index contributed by atoms with van der Waals surface area (Å²) in [5.41, 5.74) is 9.28. The Morgan fingerprint density at radius 2 is 1.84 bits per heavy atom. The normalized spacial score (nSPS) is 10.4. The van der Waals surface area contributed by atoms with Crippen LogP contribution < -0.4 is 16.2 Å². The van der Waals surface area contributed by atoms with Crippen molar-refractivity contribution in [2.75, 3.05) is 11.9 Å². The van der Waals surface area contributed by atoms with E-state index < -0.39 is 0 Å². The van der Waals surface area contributed by atoms with Gasteiger partial charge in [-0.3, -0.25) is 20.4 Å². The Balaban J connectivity index is 1.83. The number of amides is 2. The first-order valence-electron chi connectivity index (χ1n) is 8.40. The van der Waals surface area contributed by atoms with Crippen molar-refractivity contribution in [2.24, 2.45) is 0 Å². The second kappa shape index (κ2) is 8.67. The lowest BCUT2D eigenvalue weighted by atomic mass is 10.1. The summed E-state index contributed by atoms with van der Waals surface area (Å²) in [5.74, 6) is -0.578. The van der Waals surface area contributed by atoms with Gasteiger partial charge in [-0.1, -0.05) is 31.0 Å². The van der Waals surface area contributed by atoms with E-state index in [2.05, 4.69) is 29.2 Å². The van der Waals surface area contributed by atoms with Crippen LogP contribution in [0.25, 0.3) is 0 Å². The maximum atomic E-state index is 12.1. The monoisotopic (exact) mass is 359 g/mol. The van der Waals surface area contributed by atoms with Crippen molar-refractivity contribution >= 4 is 28.8 Å². The van der Waals surface area contributed by atoms with Crippen molar-refractivity contribution in [3.05, 3.63) is 50.7 Å². The van der Waals surface area contributed by atoms with E-state index in [1.54, 1.807) is 0 Å². The first kappa shape index (κ1) is 19.0. The van der Waals surface area contributed by atoms with E-state index in [0.29, 0.717) is 4.88 Å². The van der Waals surface area contributed by atoms with E-state index in [-0.39, 0.29) is 18.4 Å². The summed E-state index contributed by atoms with van der Waals surface area (Å²) < 4.78 is 0. The Labute approximate surface area is 152 Å². The number of carbonyl (C=O) groups excluding carboxylic acids is 2. The Morgan fingerprint density at radius 1 is 1.08 bits per heavy atom. The number of hydrazine groups is 1. The fourth-order valence-electron chi connectivity index (χ4n) is 2.57. The van der Waals surface area contributed by atoms with E-state index in [1.165, 1.54) is 22.5 Å². The maximum absolute atomic E-state index is 12.1. The molecule has 0 unspecified atom stereocenters. The second-order valence-electron chi connectivity index (χ2n) is 6.12. The Bertz CT molecular complexity index is 768. The van der Waals surface area contributed by atoms with Crippen LogP contribution >= 0.6 is 11.3 Å². The van der Waals surface area contributed by atoms with Gasteiger partial charge in [0, 0.05) is 10.6 Å². The molecule has 0 bridgehead atoms. The number of benzene rings is 1. The van der Waals surface area contributed by atoms with Crippen LogP contribution in [0.3, 0.4) is 0 Å². The largest absolute Gasteiger partial charge is 0.376 e. The summed E-state index contributed by atoms with van der Waals surface area (Å²) in [6.45, 7) is 8.23. The van der Waals surface area contributed by atoms with Gasteiger partial charge < -0.3 is 5.32 Å². The molecule has 5 nitrogen and oxygen atoms in total. The molecule has 0 aliphatic heterocycles. The summed E-state index contributed by atoms with van der Waals surface area (Å²) in [6, 6.07) is 7.89. The highest BCUT2D eigenvalue weighted by molar-refractivity contribution is 7.14. The molecule has 1 aromatic carbocycles. The Hall–Kier alpha value is -2.34. The quantitative estimate of drug-likeness (QED) is 0.692. The summed E-state index contributed by atoms with van der Waals surface area (Å²) in [5, 5.41) is 3.07. The van der Waals surface area contributed by atoms with Gasteiger partial charge in [-0.15, -0.1) is 11.3 Å². The average molecular weight is 359 g/mol. The van der Waals surface area contributed by atoms with E-state index in [1.807, 2.05) is 39.0 Å². The molecule has 134 valence electrons. The topological polar surface area (TPSA) is 70.2 Å². The van der Waals surface area contributed by atoms with Gasteiger partial charge in [-0.2, -0.15) is 0 Å². The lowest BCUT2D eigenvalue weighted by Crippen LogP contribution is -2.43. The third kappa shape index (κ3) is 5.32. The highest BCUT2D eigenvalue weighted by Crippen LogP contribution is 2.22. The molecule has 2 aromatic rings. The second-order valence-corrected chi connectivity index (χ2v) is 7.37. The van der Waals surface area contributed by atoms with Gasteiger partial charge in [0.15, 0.2) is 0 Å². The molecule has 0 radical (unpaired) electrons. The summed E-state index contributed by atoms with van der Waals surface area (Å²) >= 11 is 1.45. The highest BCUT2D eigenvalue weighted by Gasteiger charge is 2.13. The van der Waals surface area contributed by atoms with Crippen LogP contribution in [0.4, 0.5) is 5.69 Å². The third-order valence-electron chi connectivity index (χ3n) is 3.90. The smallest absolute Gasteiger partial charge is 0.279 e. The number of rotatable bonds is 6. The predicted octanol–water partition coefficient (Wildman–Crippen LogP) is 3.50. The Morgan fingerprint density at radius 3 is 2.52 bits per heavy atom. The molecule has 0 aliphatic carbocycles. The first-order chi connectivity index (χ1) is 11.9. The molecule has 0 aliphatic rings. The number of carbonyl (C=O) groups is 2. The first-order valence-corrected chi connectivity index (χ1v) is 9.22. The molecule has 0 spiro atoms. The van der Waals surface area contributed by atoms with Gasteiger partial charge in [0.25, 0.3) is 11.8 Å². The number of hydrogen-bond donors (Lipinski definition) is 3. The van der Waals surface area contributed by atoms with E-state index >= 15 is 0 Å². The minimum atomic E-state index is -0.296. The van der Waals surface area contributed by atoms with Crippen molar-refractivity contribution in [2.45, 2.75) is 40.5 Å². The summed E-state index contributed by atoms with van der Waals surface area (Å²) in [7, 11) is 0. The van der Waals surface area contributed by atoms with Gasteiger partial charge in [-0.25, -0.2) is 0 Å². The molecule has 3 N–H and O–H groups in total. The predicted molar refractivity (Wildman–Crippen MR) is 103 cm³/mol. The summed E-state index contributed by atoms with van der Waals surface area (Å²) in [4.78, 5) is 25.8. The van der Waals surface area contributed by atoms with Crippen molar-refractivity contribution in [1.29, 1.82) is 0 Å². The zero-order chi connectivity index (χ0) is 18.4. The van der Waals surface area contributed by atoms with E-state index in [4.69, 9.17) is 0 Å². The number of hydrogen-bond acceptors (Lipinski definition) is 4. The van der Waals surface area contributed by atoms with Crippen molar-refractivity contribution in [3.8, 4) is 0 Å². The molecular formula is C19H25N3O2S. The lowest BCUT2D eigenvalue weighted by Gasteiger charge is -2.11. The molecule has 2 rings (SSSR count). The Kier molecular flexibility index (Phi) is 6.58. The minimum absolute atomic E-state index is 0.0920. The maximum Gasteiger partial charge on any atom is 0.279 e. The van der Waals surface area contributed by atoms with Crippen LogP contribution in [0.1, 0.15) is 44.6 Å². The molecule has 25 heavy (non-hydrogen) atoms. The lowest BCUT2D eigenvalue weighted by molar-refractivity contribution is -0.120. The molecular weight excluding hydrogens is 334 g/mol. The van der Waals surface area contributed by atoms with Gasteiger partial charge in [-0.05, 0) is 50.5 Å². The number of nitrogens with one attached hydrogen (secondary N) is 3. The molecule has 0 fully saturated rings. The molecule has 6 heteroatoms. The molecule has 2 amide bonds. The SMILES string of the molecule is CCCc1cc(C(=O)NNC(=O)CNc2ccc(C)cc2C)sc1C. The van der Waals surface area contributed by atoms with Crippen molar-refractivity contribution in [3.63, 3.8) is 0 Å². The number of anilines is 1. The van der Waals surface area contributed by atoms with Crippen LogP contribution in [0.15, 0.2) is 24.3 Å². The van der Waals surface area contributed by atoms with Crippen molar-refractivity contribution < 1.29 is 9.59 Å². The van der Waals surface area contributed by atoms with Crippen molar-refractivity contribution in [1.82, 2.24) is 10.9 Å². The molecule has 0 saturated heterocycles. The molecule has 0 saturated carbocycles. The molecule has 0 atom stereocenters. The fraction of sp³-hybridized carbons (Fsp3) is 0.368. The average Bonchev–Trinajstić information content (AvgIpc) is 2.93. The van der Waals surface area contributed by atoms with Gasteiger partial charge >= 0.3 is 0 Å². The fourth-order valence-corrected chi connectivity index (χ4v) is 3.54. The zero-order valence-electron chi connectivity index (χ0n) is 15.2. The third-order valence-corrected chi connectivity index (χ3v) is 4.99. The number of thiophene rings is 1. The standard InChI is InChI=1S/C19H25N3O2S/c1-5-6-15-10-17(25-14(15)4)19(24)22-21-18(23)11-20-16-8-7-12(2)9-13(16)3/h7-10,20H,5-6,11H2,1-4H3,(H,21,23)(H,22,24). The zero-order valence-corrected chi connectivity index (χ0v) is 16.0. The molecule has 1 aromatic heterocycles. The highest BCUT2D eigenvalue weighted by atomic mass is 32.1. The van der Waals surface area contributed by atoms with Gasteiger partial charge in [0.05, 0.1) is 11.4 Å². The van der Waals surface area contributed by atoms with Crippen LogP contribution in [-0.4, -0.2) is 18.4 Å². The van der Waals surface area contributed by atoms with E-state index in [9.17, 15) is 9.59 Å². The van der Waals surface area contributed by atoms with Crippen LogP contribution in [-0.2, 0) is 11.2 Å². The van der Waals surface area contributed by atoms with Gasteiger partial charge in [0.2, 0.25) is 0 Å². The van der Waals surface area contributed by atoms with Gasteiger partial charge in [0.1, 0.15) is 0 Å². The van der Waals surface area contributed by atoms with Crippen LogP contribution in [0.5, 0.6) is 0 Å².